The summed E-state index contributed by atoms with van der Waals surface area (Å²) in [6, 6.07) is 0. The molecule has 60 valence electrons. The Balaban J connectivity index is 4.06. The van der Waals surface area contributed by atoms with E-state index in [9.17, 15) is 13.2 Å². The van der Waals surface area contributed by atoms with Gasteiger partial charge in [-0.1, -0.05) is 0 Å². The summed E-state index contributed by atoms with van der Waals surface area (Å²) in [6.07, 6.45) is -2.12. The number of aliphatic hydroxyl groups is 1. The second-order valence-electron chi connectivity index (χ2n) is 1.49. The van der Waals surface area contributed by atoms with E-state index in [1.165, 1.54) is 0 Å². The molecule has 1 unspecified atom stereocenters. The van der Waals surface area contributed by atoms with Gasteiger partial charge >= 0.3 is 10.4 Å². The van der Waals surface area contributed by atoms with E-state index in [2.05, 4.69) is 4.18 Å². The lowest BCUT2D eigenvalue weighted by atomic mass is 10.4. The Hall–Kier alpha value is -0.500. The monoisotopic (exact) mass is 170 g/mol. The molecule has 0 saturated carbocycles. The molecule has 0 aliphatic carbocycles. The third-order valence-corrected chi connectivity index (χ3v) is 0.986. The minimum absolute atomic E-state index is 0.905. The molecular formula is C3H6O6S. The van der Waals surface area contributed by atoms with Crippen molar-refractivity contribution in [1.29, 1.82) is 0 Å². The third-order valence-electron chi connectivity index (χ3n) is 0.561. The second kappa shape index (κ2) is 3.06. The predicted octanol–water partition coefficient (Wildman–Crippen LogP) is -1.29. The van der Waals surface area contributed by atoms with E-state index >= 15 is 0 Å². The highest BCUT2D eigenvalue weighted by Crippen LogP contribution is 1.93. The van der Waals surface area contributed by atoms with Crippen molar-refractivity contribution in [2.24, 2.45) is 0 Å². The van der Waals surface area contributed by atoms with Crippen molar-refractivity contribution in [3.63, 3.8) is 0 Å². The van der Waals surface area contributed by atoms with E-state index in [1.807, 2.05) is 0 Å². The van der Waals surface area contributed by atoms with Crippen LogP contribution in [0.1, 0.15) is 6.92 Å². The molecular weight excluding hydrogens is 164 g/mol. The predicted molar refractivity (Wildman–Crippen MR) is 29.3 cm³/mol. The molecule has 1 atom stereocenters. The molecule has 0 heterocycles. The van der Waals surface area contributed by atoms with E-state index in [0.29, 0.717) is 0 Å². The summed E-state index contributed by atoms with van der Waals surface area (Å²) in [6.45, 7) is 0.913. The van der Waals surface area contributed by atoms with Gasteiger partial charge in [0.25, 0.3) is 0 Å². The van der Waals surface area contributed by atoms with E-state index < -0.39 is 22.5 Å². The van der Waals surface area contributed by atoms with Crippen LogP contribution in [0.4, 0.5) is 0 Å². The molecule has 0 aliphatic rings. The maximum Gasteiger partial charge on any atom is 0.400 e. The zero-order chi connectivity index (χ0) is 8.36. The van der Waals surface area contributed by atoms with Gasteiger partial charge in [-0.2, -0.15) is 8.42 Å². The van der Waals surface area contributed by atoms with Crippen LogP contribution in [0.15, 0.2) is 0 Å². The average molecular weight is 170 g/mol. The first kappa shape index (κ1) is 9.50. The van der Waals surface area contributed by atoms with Gasteiger partial charge in [-0.05, 0) is 6.92 Å². The number of carbonyl (C=O) groups is 1. The van der Waals surface area contributed by atoms with Crippen molar-refractivity contribution >= 4 is 16.2 Å². The van der Waals surface area contributed by atoms with E-state index in [-0.39, 0.29) is 0 Å². The van der Waals surface area contributed by atoms with Gasteiger partial charge in [-0.25, -0.2) is 4.18 Å². The molecule has 0 aliphatic heterocycles. The first-order chi connectivity index (χ1) is 4.33. The second-order valence-corrected chi connectivity index (χ2v) is 2.53. The molecule has 0 rings (SSSR count). The maximum absolute atomic E-state index is 10.1. The smallest absolute Gasteiger partial charge is 0.361 e. The summed E-state index contributed by atoms with van der Waals surface area (Å²) >= 11 is 0. The fourth-order valence-electron chi connectivity index (χ4n) is 0.183. The molecule has 0 fully saturated rings. The third kappa shape index (κ3) is 4.39. The van der Waals surface area contributed by atoms with Gasteiger partial charge in [-0.15, -0.1) is 0 Å². The van der Waals surface area contributed by atoms with Gasteiger partial charge in [0.2, 0.25) is 6.29 Å². The average Bonchev–Trinajstić information content (AvgIpc) is 1.60. The van der Waals surface area contributed by atoms with Crippen molar-refractivity contribution in [3.05, 3.63) is 0 Å². The van der Waals surface area contributed by atoms with Crippen LogP contribution < -0.4 is 0 Å². The lowest BCUT2D eigenvalue weighted by Gasteiger charge is -2.02. The standard InChI is InChI=1S/C3H6O6S/c1-2(4)3(5)9-10(6,7)8/h3,5H,1H3,(H,6,7,8). The Morgan fingerprint density at radius 2 is 2.00 bits per heavy atom. The highest BCUT2D eigenvalue weighted by atomic mass is 32.3. The van der Waals surface area contributed by atoms with Crippen LogP contribution in [-0.2, 0) is 19.4 Å². The van der Waals surface area contributed by atoms with Gasteiger partial charge in [-0.3, -0.25) is 9.35 Å². The molecule has 0 aromatic heterocycles. The van der Waals surface area contributed by atoms with Crippen LogP contribution in [0.3, 0.4) is 0 Å². The Morgan fingerprint density at radius 1 is 1.60 bits per heavy atom. The van der Waals surface area contributed by atoms with Crippen molar-refractivity contribution in [3.8, 4) is 0 Å². The minimum Gasteiger partial charge on any atom is -0.361 e. The molecule has 7 heteroatoms. The highest BCUT2D eigenvalue weighted by Gasteiger charge is 2.17. The van der Waals surface area contributed by atoms with Crippen molar-refractivity contribution < 1.29 is 27.1 Å². The fraction of sp³-hybridized carbons (Fsp3) is 0.667. The molecule has 0 aromatic rings. The molecule has 10 heavy (non-hydrogen) atoms. The van der Waals surface area contributed by atoms with Gasteiger partial charge in [0.15, 0.2) is 5.78 Å². The Morgan fingerprint density at radius 3 is 2.10 bits per heavy atom. The van der Waals surface area contributed by atoms with E-state index in [0.717, 1.165) is 6.92 Å². The van der Waals surface area contributed by atoms with Gasteiger partial charge in [0.05, 0.1) is 0 Å². The van der Waals surface area contributed by atoms with Crippen LogP contribution in [0.25, 0.3) is 0 Å². The van der Waals surface area contributed by atoms with Crippen molar-refractivity contribution in [1.82, 2.24) is 0 Å². The highest BCUT2D eigenvalue weighted by molar-refractivity contribution is 7.80. The zero-order valence-electron chi connectivity index (χ0n) is 5.01. The number of hydrogen-bond acceptors (Lipinski definition) is 5. The largest absolute Gasteiger partial charge is 0.400 e. The van der Waals surface area contributed by atoms with Crippen LogP contribution in [0.2, 0.25) is 0 Å². The molecule has 0 bridgehead atoms. The summed E-state index contributed by atoms with van der Waals surface area (Å²) in [5.41, 5.74) is 0. The number of rotatable bonds is 3. The van der Waals surface area contributed by atoms with Gasteiger partial charge in [0, 0.05) is 0 Å². The molecule has 0 saturated heterocycles. The zero-order valence-corrected chi connectivity index (χ0v) is 5.83. The summed E-state index contributed by atoms with van der Waals surface area (Å²) in [5.74, 6) is -0.905. The number of ketones is 1. The van der Waals surface area contributed by atoms with E-state index in [4.69, 9.17) is 9.66 Å². The molecule has 6 nitrogen and oxygen atoms in total. The number of aliphatic hydroxyl groups excluding tert-OH is 1. The first-order valence-corrected chi connectivity index (χ1v) is 3.53. The SMILES string of the molecule is CC(=O)C(O)OS(=O)(=O)O. The summed E-state index contributed by atoms with van der Waals surface area (Å²) in [5, 5.41) is 8.35. The molecule has 0 amide bonds. The lowest BCUT2D eigenvalue weighted by Crippen LogP contribution is -2.24. The van der Waals surface area contributed by atoms with E-state index in [1.54, 1.807) is 0 Å². The Labute approximate surface area is 57.4 Å². The van der Waals surface area contributed by atoms with Crippen LogP contribution >= 0.6 is 0 Å². The van der Waals surface area contributed by atoms with Crippen molar-refractivity contribution in [2.45, 2.75) is 13.2 Å². The lowest BCUT2D eigenvalue weighted by molar-refractivity contribution is -0.139. The first-order valence-electron chi connectivity index (χ1n) is 2.17. The topological polar surface area (TPSA) is 101 Å². The van der Waals surface area contributed by atoms with Crippen LogP contribution in [-0.4, -0.2) is 30.2 Å². The number of carbonyl (C=O) groups excluding carboxylic acids is 1. The molecule has 0 spiro atoms. The summed E-state index contributed by atoms with van der Waals surface area (Å²) < 4.78 is 30.8. The quantitative estimate of drug-likeness (QED) is 0.404. The van der Waals surface area contributed by atoms with Gasteiger partial charge < -0.3 is 5.11 Å². The van der Waals surface area contributed by atoms with Crippen molar-refractivity contribution in [2.75, 3.05) is 0 Å². The maximum atomic E-state index is 10.1. The van der Waals surface area contributed by atoms with Crippen LogP contribution in [0.5, 0.6) is 0 Å². The number of hydrogen-bond donors (Lipinski definition) is 2. The fourth-order valence-corrected chi connectivity index (χ4v) is 0.549. The molecule has 0 aromatic carbocycles. The van der Waals surface area contributed by atoms with Gasteiger partial charge in [0.1, 0.15) is 0 Å². The molecule has 2 N–H and O–H groups in total. The Kier molecular flexibility index (Phi) is 2.91. The number of Topliss-reactive ketones (excluding diaryl/α,β-unsaturated/α-hetero) is 1. The normalized spacial score (nSPS) is 14.7. The Bertz CT molecular complexity index is 215. The summed E-state index contributed by atoms with van der Waals surface area (Å²) in [4.78, 5) is 10.1. The summed E-state index contributed by atoms with van der Waals surface area (Å²) in [7, 11) is -4.74. The minimum atomic E-state index is -4.74. The van der Waals surface area contributed by atoms with Crippen LogP contribution in [0, 0.1) is 0 Å². The molecule has 0 radical (unpaired) electrons.